The molecule has 2 aromatic carbocycles. The molecule has 0 fully saturated rings. The van der Waals surface area contributed by atoms with Gasteiger partial charge in [-0.2, -0.15) is 0 Å². The number of hydrogen-bond acceptors (Lipinski definition) is 2. The van der Waals surface area contributed by atoms with E-state index >= 15 is 0 Å². The fourth-order valence-electron chi connectivity index (χ4n) is 1.70. The Kier molecular flexibility index (Phi) is 3.00. The zero-order valence-corrected chi connectivity index (χ0v) is 9.83. The van der Waals surface area contributed by atoms with Gasteiger partial charge >= 0.3 is 0 Å². The Bertz CT molecular complexity index is 552. The molecule has 2 nitrogen and oxygen atoms in total. The average Bonchev–Trinajstić information content (AvgIpc) is 2.32. The highest BCUT2D eigenvalue weighted by Crippen LogP contribution is 2.27. The number of nitrogen functional groups attached to an aromatic ring is 1. The van der Waals surface area contributed by atoms with E-state index in [1.54, 1.807) is 6.07 Å². The van der Waals surface area contributed by atoms with Crippen molar-refractivity contribution in [1.29, 1.82) is 0 Å². The maximum atomic E-state index is 13.6. The first-order valence-corrected chi connectivity index (χ1v) is 5.32. The van der Waals surface area contributed by atoms with Crippen LogP contribution >= 0.6 is 0 Å². The largest absolute Gasteiger partial charge is 0.494 e. The summed E-state index contributed by atoms with van der Waals surface area (Å²) in [7, 11) is 1.45. The average molecular weight is 231 g/mol. The van der Waals surface area contributed by atoms with Gasteiger partial charge in [-0.1, -0.05) is 12.1 Å². The lowest BCUT2D eigenvalue weighted by Gasteiger charge is -2.07. The molecule has 0 aromatic heterocycles. The molecule has 2 N–H and O–H groups in total. The van der Waals surface area contributed by atoms with Crippen LogP contribution in [-0.4, -0.2) is 7.11 Å². The minimum atomic E-state index is -0.362. The minimum absolute atomic E-state index is 0.251. The summed E-state index contributed by atoms with van der Waals surface area (Å²) in [6, 6.07) is 10.6. The van der Waals surface area contributed by atoms with Crippen molar-refractivity contribution in [2.24, 2.45) is 0 Å². The fourth-order valence-corrected chi connectivity index (χ4v) is 1.70. The molecule has 2 aromatic rings. The van der Waals surface area contributed by atoms with Crippen LogP contribution in [0.25, 0.3) is 11.1 Å². The van der Waals surface area contributed by atoms with Crippen LogP contribution in [0.15, 0.2) is 36.4 Å². The quantitative estimate of drug-likeness (QED) is 0.804. The smallest absolute Gasteiger partial charge is 0.165 e. The Balaban J connectivity index is 2.46. The zero-order chi connectivity index (χ0) is 12.4. The Morgan fingerprint density at radius 1 is 1.06 bits per heavy atom. The summed E-state index contributed by atoms with van der Waals surface area (Å²) in [5, 5.41) is 0. The van der Waals surface area contributed by atoms with Gasteiger partial charge in [0.2, 0.25) is 0 Å². The second-order valence-electron chi connectivity index (χ2n) is 3.92. The predicted octanol–water partition coefficient (Wildman–Crippen LogP) is 3.39. The molecule has 0 aliphatic rings. The summed E-state index contributed by atoms with van der Waals surface area (Å²) in [6.45, 7) is 1.93. The molecular weight excluding hydrogens is 217 g/mol. The van der Waals surface area contributed by atoms with Gasteiger partial charge in [-0.3, -0.25) is 0 Å². The molecule has 0 saturated carbocycles. The molecule has 2 rings (SSSR count). The van der Waals surface area contributed by atoms with Gasteiger partial charge in [0.05, 0.1) is 7.11 Å². The van der Waals surface area contributed by atoms with E-state index in [9.17, 15) is 4.39 Å². The number of halogens is 1. The summed E-state index contributed by atoms with van der Waals surface area (Å²) in [6.07, 6.45) is 0. The van der Waals surface area contributed by atoms with Crippen molar-refractivity contribution in [3.63, 3.8) is 0 Å². The van der Waals surface area contributed by atoms with E-state index in [1.165, 1.54) is 13.2 Å². The van der Waals surface area contributed by atoms with Crippen LogP contribution in [0.5, 0.6) is 5.75 Å². The normalized spacial score (nSPS) is 10.3. The topological polar surface area (TPSA) is 35.2 Å². The Labute approximate surface area is 99.8 Å². The Hall–Kier alpha value is -2.03. The van der Waals surface area contributed by atoms with E-state index in [-0.39, 0.29) is 11.6 Å². The Morgan fingerprint density at radius 3 is 2.29 bits per heavy atom. The summed E-state index contributed by atoms with van der Waals surface area (Å²) >= 11 is 0. The van der Waals surface area contributed by atoms with Gasteiger partial charge in [-0.15, -0.1) is 0 Å². The van der Waals surface area contributed by atoms with Gasteiger partial charge in [-0.25, -0.2) is 4.39 Å². The molecule has 0 radical (unpaired) electrons. The molecule has 0 aliphatic heterocycles. The first-order chi connectivity index (χ1) is 8.11. The lowest BCUT2D eigenvalue weighted by Crippen LogP contribution is -1.91. The third kappa shape index (κ3) is 2.23. The van der Waals surface area contributed by atoms with Crippen LogP contribution in [0.4, 0.5) is 10.1 Å². The predicted molar refractivity (Wildman–Crippen MR) is 67.5 cm³/mol. The number of methoxy groups -OCH3 is 1. The third-order valence-corrected chi connectivity index (χ3v) is 2.75. The van der Waals surface area contributed by atoms with Crippen LogP contribution < -0.4 is 10.5 Å². The van der Waals surface area contributed by atoms with Crippen molar-refractivity contribution in [1.82, 2.24) is 0 Å². The van der Waals surface area contributed by atoms with E-state index in [1.807, 2.05) is 31.2 Å². The summed E-state index contributed by atoms with van der Waals surface area (Å²) in [4.78, 5) is 0. The van der Waals surface area contributed by atoms with Gasteiger partial charge < -0.3 is 10.5 Å². The van der Waals surface area contributed by atoms with E-state index in [2.05, 4.69) is 0 Å². The monoisotopic (exact) mass is 231 g/mol. The number of nitrogens with two attached hydrogens (primary N) is 1. The van der Waals surface area contributed by atoms with Crippen LogP contribution in [0, 0.1) is 12.7 Å². The summed E-state index contributed by atoms with van der Waals surface area (Å²) < 4.78 is 18.4. The maximum Gasteiger partial charge on any atom is 0.165 e. The van der Waals surface area contributed by atoms with E-state index in [0.29, 0.717) is 0 Å². The first-order valence-electron chi connectivity index (χ1n) is 5.32. The minimum Gasteiger partial charge on any atom is -0.494 e. The van der Waals surface area contributed by atoms with Gasteiger partial charge in [-0.05, 0) is 47.9 Å². The van der Waals surface area contributed by atoms with E-state index in [0.717, 1.165) is 22.4 Å². The van der Waals surface area contributed by atoms with Crippen LogP contribution in [0.3, 0.4) is 0 Å². The van der Waals surface area contributed by atoms with Crippen molar-refractivity contribution in [2.45, 2.75) is 6.92 Å². The third-order valence-electron chi connectivity index (χ3n) is 2.75. The standard InChI is InChI=1S/C14H14FNO/c1-9-7-10(3-5-13(9)16)11-4-6-14(17-2)12(15)8-11/h3-8H,16H2,1-2H3. The molecule has 0 heterocycles. The number of ether oxygens (including phenoxy) is 1. The maximum absolute atomic E-state index is 13.6. The van der Waals surface area contributed by atoms with Crippen molar-refractivity contribution in [3.8, 4) is 16.9 Å². The number of aryl methyl sites for hydroxylation is 1. The van der Waals surface area contributed by atoms with Crippen molar-refractivity contribution in [2.75, 3.05) is 12.8 Å². The molecule has 0 bridgehead atoms. The summed E-state index contributed by atoms with van der Waals surface area (Å²) in [5.74, 6) is -0.111. The lowest BCUT2D eigenvalue weighted by atomic mass is 10.0. The molecule has 17 heavy (non-hydrogen) atoms. The zero-order valence-electron chi connectivity index (χ0n) is 9.83. The molecule has 0 unspecified atom stereocenters. The van der Waals surface area contributed by atoms with Gasteiger partial charge in [0, 0.05) is 5.69 Å². The molecule has 88 valence electrons. The van der Waals surface area contributed by atoms with Crippen LogP contribution in [-0.2, 0) is 0 Å². The number of rotatable bonds is 2. The van der Waals surface area contributed by atoms with Crippen molar-refractivity contribution in [3.05, 3.63) is 47.8 Å². The SMILES string of the molecule is COc1ccc(-c2ccc(N)c(C)c2)cc1F. The van der Waals surface area contributed by atoms with Gasteiger partial charge in [0.25, 0.3) is 0 Å². The van der Waals surface area contributed by atoms with E-state index < -0.39 is 0 Å². The van der Waals surface area contributed by atoms with Crippen LogP contribution in [0.2, 0.25) is 0 Å². The lowest BCUT2D eigenvalue weighted by molar-refractivity contribution is 0.386. The molecule has 3 heteroatoms. The molecule has 0 amide bonds. The van der Waals surface area contributed by atoms with E-state index in [4.69, 9.17) is 10.5 Å². The molecule has 0 saturated heterocycles. The highest BCUT2D eigenvalue weighted by atomic mass is 19.1. The Morgan fingerprint density at radius 2 is 1.71 bits per heavy atom. The number of benzene rings is 2. The molecular formula is C14H14FNO. The molecule has 0 atom stereocenters. The second-order valence-corrected chi connectivity index (χ2v) is 3.92. The van der Waals surface area contributed by atoms with Crippen LogP contribution in [0.1, 0.15) is 5.56 Å². The fraction of sp³-hybridized carbons (Fsp3) is 0.143. The molecule has 0 spiro atoms. The highest BCUT2D eigenvalue weighted by Gasteiger charge is 2.05. The van der Waals surface area contributed by atoms with Crippen molar-refractivity contribution < 1.29 is 9.13 Å². The highest BCUT2D eigenvalue weighted by molar-refractivity contribution is 5.68. The summed E-state index contributed by atoms with van der Waals surface area (Å²) in [5.41, 5.74) is 9.23. The molecule has 0 aliphatic carbocycles. The van der Waals surface area contributed by atoms with Gasteiger partial charge in [0.15, 0.2) is 11.6 Å². The number of anilines is 1. The first kappa shape index (κ1) is 11.5. The second kappa shape index (κ2) is 4.45. The van der Waals surface area contributed by atoms with Crippen molar-refractivity contribution >= 4 is 5.69 Å². The van der Waals surface area contributed by atoms with Gasteiger partial charge in [0.1, 0.15) is 0 Å². The number of hydrogen-bond donors (Lipinski definition) is 1.